The standard InChI is InChI=1S/C17H23N3OS.HI/c1-18-17(20-12-10-16-9-5-14-22-16)19-11-6-13-21-15-7-3-2-4-8-15;/h2-5,7-9,14H,6,10-13H2,1H3,(H2,18,19,20);1H. The normalized spacial score (nSPS) is 10.7. The molecule has 0 saturated carbocycles. The van der Waals surface area contributed by atoms with Crippen LogP contribution < -0.4 is 15.4 Å². The second-order valence-corrected chi connectivity index (χ2v) is 5.80. The highest BCUT2D eigenvalue weighted by atomic mass is 127. The number of hydrogen-bond donors (Lipinski definition) is 2. The van der Waals surface area contributed by atoms with Crippen molar-refractivity contribution in [3.8, 4) is 5.75 Å². The fourth-order valence-electron chi connectivity index (χ4n) is 1.97. The molecule has 0 amide bonds. The molecular formula is C17H24IN3OS. The number of aliphatic imine (C=N–C) groups is 1. The van der Waals surface area contributed by atoms with E-state index in [0.717, 1.165) is 37.6 Å². The largest absolute Gasteiger partial charge is 0.494 e. The van der Waals surface area contributed by atoms with Gasteiger partial charge in [0.25, 0.3) is 0 Å². The molecule has 4 nitrogen and oxygen atoms in total. The minimum atomic E-state index is 0. The number of ether oxygens (including phenoxy) is 1. The number of halogens is 1. The summed E-state index contributed by atoms with van der Waals surface area (Å²) in [6, 6.07) is 14.1. The minimum absolute atomic E-state index is 0. The second kappa shape index (κ2) is 12.2. The molecule has 23 heavy (non-hydrogen) atoms. The van der Waals surface area contributed by atoms with Crippen LogP contribution in [0.2, 0.25) is 0 Å². The van der Waals surface area contributed by atoms with E-state index in [1.165, 1.54) is 4.88 Å². The summed E-state index contributed by atoms with van der Waals surface area (Å²) < 4.78 is 5.65. The average Bonchev–Trinajstić information content (AvgIpc) is 3.07. The Labute approximate surface area is 159 Å². The van der Waals surface area contributed by atoms with Gasteiger partial charge in [-0.1, -0.05) is 24.3 Å². The van der Waals surface area contributed by atoms with Gasteiger partial charge in [0.2, 0.25) is 0 Å². The SMILES string of the molecule is CN=C(NCCCOc1ccccc1)NCCc1cccs1.I. The summed E-state index contributed by atoms with van der Waals surface area (Å²) >= 11 is 1.79. The van der Waals surface area contributed by atoms with E-state index in [0.29, 0.717) is 6.61 Å². The number of nitrogens with one attached hydrogen (secondary N) is 2. The zero-order valence-corrected chi connectivity index (χ0v) is 16.5. The van der Waals surface area contributed by atoms with Crippen molar-refractivity contribution in [2.45, 2.75) is 12.8 Å². The van der Waals surface area contributed by atoms with Gasteiger partial charge >= 0.3 is 0 Å². The molecule has 0 fully saturated rings. The van der Waals surface area contributed by atoms with Crippen LogP contribution in [0, 0.1) is 0 Å². The quantitative estimate of drug-likeness (QED) is 0.283. The Morgan fingerprint density at radius 1 is 1.09 bits per heavy atom. The van der Waals surface area contributed by atoms with Crippen LogP contribution in [0.15, 0.2) is 52.8 Å². The lowest BCUT2D eigenvalue weighted by Crippen LogP contribution is -2.39. The van der Waals surface area contributed by atoms with E-state index >= 15 is 0 Å². The number of benzene rings is 1. The molecule has 0 atom stereocenters. The van der Waals surface area contributed by atoms with Crippen molar-refractivity contribution in [1.82, 2.24) is 10.6 Å². The lowest BCUT2D eigenvalue weighted by molar-refractivity contribution is 0.311. The van der Waals surface area contributed by atoms with E-state index in [9.17, 15) is 0 Å². The van der Waals surface area contributed by atoms with Gasteiger partial charge in [-0.15, -0.1) is 35.3 Å². The monoisotopic (exact) mass is 445 g/mol. The van der Waals surface area contributed by atoms with Crippen LogP contribution in [0.25, 0.3) is 0 Å². The van der Waals surface area contributed by atoms with Gasteiger partial charge in [-0.25, -0.2) is 0 Å². The molecule has 2 aromatic rings. The van der Waals surface area contributed by atoms with Gasteiger partial charge in [-0.2, -0.15) is 0 Å². The molecule has 0 saturated heterocycles. The third kappa shape index (κ3) is 8.22. The number of guanidine groups is 1. The Morgan fingerprint density at radius 3 is 2.57 bits per heavy atom. The van der Waals surface area contributed by atoms with Crippen molar-refractivity contribution in [3.05, 3.63) is 52.7 Å². The maximum atomic E-state index is 5.65. The van der Waals surface area contributed by atoms with Gasteiger partial charge in [0, 0.05) is 25.0 Å². The number of hydrogen-bond acceptors (Lipinski definition) is 3. The molecule has 0 unspecified atom stereocenters. The van der Waals surface area contributed by atoms with Crippen LogP contribution in [-0.2, 0) is 6.42 Å². The molecule has 0 aliphatic carbocycles. The summed E-state index contributed by atoms with van der Waals surface area (Å²) in [6.07, 6.45) is 1.95. The Kier molecular flexibility index (Phi) is 10.5. The molecule has 2 rings (SSSR count). The first-order chi connectivity index (χ1) is 10.9. The van der Waals surface area contributed by atoms with E-state index in [4.69, 9.17) is 4.74 Å². The first-order valence-corrected chi connectivity index (χ1v) is 8.41. The summed E-state index contributed by atoms with van der Waals surface area (Å²) in [5.41, 5.74) is 0. The van der Waals surface area contributed by atoms with Crippen LogP contribution in [0.1, 0.15) is 11.3 Å². The van der Waals surface area contributed by atoms with E-state index in [2.05, 4.69) is 33.1 Å². The van der Waals surface area contributed by atoms with Crippen molar-refractivity contribution >= 4 is 41.3 Å². The molecule has 1 aromatic carbocycles. The van der Waals surface area contributed by atoms with Gasteiger partial charge < -0.3 is 15.4 Å². The summed E-state index contributed by atoms with van der Waals surface area (Å²) in [5.74, 6) is 1.76. The van der Waals surface area contributed by atoms with Gasteiger partial charge in [0.15, 0.2) is 5.96 Å². The Bertz CT molecular complexity index is 546. The van der Waals surface area contributed by atoms with Crippen LogP contribution in [0.4, 0.5) is 0 Å². The highest BCUT2D eigenvalue weighted by molar-refractivity contribution is 14.0. The molecule has 0 spiro atoms. The van der Waals surface area contributed by atoms with Crippen LogP contribution in [-0.4, -0.2) is 32.7 Å². The van der Waals surface area contributed by atoms with Crippen LogP contribution in [0.3, 0.4) is 0 Å². The number of para-hydroxylation sites is 1. The summed E-state index contributed by atoms with van der Waals surface area (Å²) in [5, 5.41) is 8.73. The van der Waals surface area contributed by atoms with Gasteiger partial charge in [-0.3, -0.25) is 4.99 Å². The van der Waals surface area contributed by atoms with Gasteiger partial charge in [0.05, 0.1) is 6.61 Å². The van der Waals surface area contributed by atoms with Gasteiger partial charge in [0.1, 0.15) is 5.75 Å². The van der Waals surface area contributed by atoms with Gasteiger partial charge in [-0.05, 0) is 36.4 Å². The zero-order chi connectivity index (χ0) is 15.5. The van der Waals surface area contributed by atoms with Crippen molar-refractivity contribution in [1.29, 1.82) is 0 Å². The molecule has 0 aliphatic heterocycles. The predicted molar refractivity (Wildman–Crippen MR) is 109 cm³/mol. The molecule has 2 N–H and O–H groups in total. The Hall–Kier alpha value is -1.28. The molecule has 1 aromatic heterocycles. The molecule has 6 heteroatoms. The smallest absolute Gasteiger partial charge is 0.190 e. The highest BCUT2D eigenvalue weighted by Gasteiger charge is 1.98. The lowest BCUT2D eigenvalue weighted by Gasteiger charge is -2.12. The summed E-state index contributed by atoms with van der Waals surface area (Å²) in [4.78, 5) is 5.61. The first-order valence-electron chi connectivity index (χ1n) is 7.53. The minimum Gasteiger partial charge on any atom is -0.494 e. The molecule has 0 bridgehead atoms. The Morgan fingerprint density at radius 2 is 1.87 bits per heavy atom. The van der Waals surface area contributed by atoms with E-state index < -0.39 is 0 Å². The number of nitrogens with zero attached hydrogens (tertiary/aromatic N) is 1. The van der Waals surface area contributed by atoms with E-state index in [1.807, 2.05) is 30.3 Å². The first kappa shape index (κ1) is 19.8. The van der Waals surface area contributed by atoms with Crippen molar-refractivity contribution < 1.29 is 4.74 Å². The van der Waals surface area contributed by atoms with Crippen molar-refractivity contribution in [3.63, 3.8) is 0 Å². The fraction of sp³-hybridized carbons (Fsp3) is 0.353. The Balaban J connectivity index is 0.00000264. The van der Waals surface area contributed by atoms with E-state index in [1.54, 1.807) is 18.4 Å². The number of thiophene rings is 1. The lowest BCUT2D eigenvalue weighted by atomic mass is 10.3. The van der Waals surface area contributed by atoms with Crippen molar-refractivity contribution in [2.75, 3.05) is 26.7 Å². The van der Waals surface area contributed by atoms with Crippen LogP contribution in [0.5, 0.6) is 5.75 Å². The molecule has 0 aliphatic rings. The molecule has 126 valence electrons. The maximum Gasteiger partial charge on any atom is 0.190 e. The summed E-state index contributed by atoms with van der Waals surface area (Å²) in [7, 11) is 1.79. The van der Waals surface area contributed by atoms with Crippen LogP contribution >= 0.6 is 35.3 Å². The van der Waals surface area contributed by atoms with E-state index in [-0.39, 0.29) is 24.0 Å². The molecular weight excluding hydrogens is 421 g/mol. The average molecular weight is 445 g/mol. The number of rotatable bonds is 8. The fourth-order valence-corrected chi connectivity index (χ4v) is 2.67. The second-order valence-electron chi connectivity index (χ2n) is 4.77. The highest BCUT2D eigenvalue weighted by Crippen LogP contribution is 2.08. The zero-order valence-electron chi connectivity index (χ0n) is 13.3. The van der Waals surface area contributed by atoms with Crippen molar-refractivity contribution in [2.24, 2.45) is 4.99 Å². The molecule has 1 heterocycles. The summed E-state index contributed by atoms with van der Waals surface area (Å²) in [6.45, 7) is 2.43. The predicted octanol–water partition coefficient (Wildman–Crippen LogP) is 3.54. The third-order valence-electron chi connectivity index (χ3n) is 3.09. The maximum absolute atomic E-state index is 5.65. The molecule has 0 radical (unpaired) electrons. The topological polar surface area (TPSA) is 45.7 Å². The third-order valence-corrected chi connectivity index (χ3v) is 4.03.